The summed E-state index contributed by atoms with van der Waals surface area (Å²) < 4.78 is 2.68. The van der Waals surface area contributed by atoms with Crippen molar-refractivity contribution in [2.75, 3.05) is 11.9 Å². The Hall–Kier alpha value is -1.50. The number of anilines is 1. The molecule has 2 aromatic rings. The number of nitrogens with one attached hydrogen (secondary N) is 1. The van der Waals surface area contributed by atoms with Gasteiger partial charge >= 0.3 is 0 Å². The molecule has 0 radical (unpaired) electrons. The van der Waals surface area contributed by atoms with Crippen LogP contribution in [0.2, 0.25) is 0 Å². The van der Waals surface area contributed by atoms with Crippen LogP contribution in [-0.2, 0) is 6.54 Å². The first kappa shape index (κ1) is 11.0. The Labute approximate surface area is 101 Å². The van der Waals surface area contributed by atoms with Gasteiger partial charge in [0.1, 0.15) is 12.1 Å². The molecule has 0 saturated carbocycles. The van der Waals surface area contributed by atoms with Crippen molar-refractivity contribution in [3.63, 3.8) is 0 Å². The molecule has 7 heteroatoms. The summed E-state index contributed by atoms with van der Waals surface area (Å²) in [5, 5.41) is 14.1. The maximum atomic E-state index is 4.35. The second-order valence-electron chi connectivity index (χ2n) is 3.31. The van der Waals surface area contributed by atoms with Gasteiger partial charge in [0, 0.05) is 16.7 Å². The molecule has 0 aromatic carbocycles. The Bertz CT molecular complexity index is 435. The number of hydrogen-bond acceptors (Lipinski definition) is 5. The maximum Gasteiger partial charge on any atom is 0.138 e. The Kier molecular flexibility index (Phi) is 3.45. The van der Waals surface area contributed by atoms with Crippen LogP contribution in [0.1, 0.15) is 5.69 Å². The molecule has 0 aliphatic rings. The van der Waals surface area contributed by atoms with E-state index in [0.29, 0.717) is 6.54 Å². The van der Waals surface area contributed by atoms with E-state index in [1.165, 1.54) is 0 Å². The van der Waals surface area contributed by atoms with Gasteiger partial charge in [-0.2, -0.15) is 0 Å². The molecule has 0 amide bonds. The summed E-state index contributed by atoms with van der Waals surface area (Å²) in [4.78, 5) is 4.35. The Morgan fingerprint density at radius 1 is 1.44 bits per heavy atom. The van der Waals surface area contributed by atoms with Gasteiger partial charge in [0.15, 0.2) is 0 Å². The van der Waals surface area contributed by atoms with Crippen LogP contribution in [0.3, 0.4) is 0 Å². The molecule has 0 aliphatic heterocycles. The van der Waals surface area contributed by atoms with E-state index >= 15 is 0 Å². The highest BCUT2D eigenvalue weighted by Crippen LogP contribution is 2.15. The van der Waals surface area contributed by atoms with E-state index in [0.717, 1.165) is 22.5 Å². The number of tetrazole rings is 1. The molecular weight excluding hydrogens is 272 g/mol. The van der Waals surface area contributed by atoms with Crippen LogP contribution in [-0.4, -0.2) is 31.7 Å². The molecule has 6 nitrogen and oxygen atoms in total. The predicted octanol–water partition coefficient (Wildman–Crippen LogP) is 1.25. The molecular formula is C9H11BrN6. The monoisotopic (exact) mass is 282 g/mol. The standard InChI is InChI=1S/C9H11BrN6/c1-7-4-8(10)5-9(13-7)11-2-3-16-6-12-14-15-16/h4-6H,2-3H2,1H3,(H,11,13). The van der Waals surface area contributed by atoms with Crippen molar-refractivity contribution >= 4 is 21.7 Å². The third-order valence-corrected chi connectivity index (χ3v) is 2.41. The number of aromatic nitrogens is 5. The first-order chi connectivity index (χ1) is 7.74. The van der Waals surface area contributed by atoms with E-state index in [2.05, 4.69) is 41.8 Å². The van der Waals surface area contributed by atoms with Crippen LogP contribution < -0.4 is 5.32 Å². The first-order valence-electron chi connectivity index (χ1n) is 4.83. The summed E-state index contributed by atoms with van der Waals surface area (Å²) >= 11 is 3.43. The minimum absolute atomic E-state index is 0.709. The largest absolute Gasteiger partial charge is 0.368 e. The minimum atomic E-state index is 0.709. The van der Waals surface area contributed by atoms with Crippen molar-refractivity contribution in [2.45, 2.75) is 13.5 Å². The zero-order valence-electron chi connectivity index (χ0n) is 8.76. The van der Waals surface area contributed by atoms with Gasteiger partial charge in [-0.3, -0.25) is 0 Å². The van der Waals surface area contributed by atoms with Crippen molar-refractivity contribution in [3.8, 4) is 0 Å². The van der Waals surface area contributed by atoms with Gasteiger partial charge in [-0.15, -0.1) is 5.10 Å². The van der Waals surface area contributed by atoms with Gasteiger partial charge < -0.3 is 5.32 Å². The molecule has 2 heterocycles. The molecule has 1 N–H and O–H groups in total. The van der Waals surface area contributed by atoms with Gasteiger partial charge in [-0.1, -0.05) is 15.9 Å². The number of rotatable bonds is 4. The molecule has 2 aromatic heterocycles. The van der Waals surface area contributed by atoms with E-state index in [9.17, 15) is 0 Å². The SMILES string of the molecule is Cc1cc(Br)cc(NCCn2cnnn2)n1. The van der Waals surface area contributed by atoms with E-state index < -0.39 is 0 Å². The fourth-order valence-electron chi connectivity index (χ4n) is 1.30. The molecule has 0 unspecified atom stereocenters. The smallest absolute Gasteiger partial charge is 0.138 e. The Morgan fingerprint density at radius 2 is 2.31 bits per heavy atom. The highest BCUT2D eigenvalue weighted by molar-refractivity contribution is 9.10. The average molecular weight is 283 g/mol. The minimum Gasteiger partial charge on any atom is -0.368 e. The van der Waals surface area contributed by atoms with Crippen molar-refractivity contribution < 1.29 is 0 Å². The molecule has 84 valence electrons. The van der Waals surface area contributed by atoms with Crippen LogP contribution in [0.5, 0.6) is 0 Å². The quantitative estimate of drug-likeness (QED) is 0.914. The summed E-state index contributed by atoms with van der Waals surface area (Å²) in [7, 11) is 0. The van der Waals surface area contributed by atoms with Gasteiger partial charge in [0.05, 0.1) is 6.54 Å². The summed E-state index contributed by atoms with van der Waals surface area (Å²) in [6.45, 7) is 3.39. The first-order valence-corrected chi connectivity index (χ1v) is 5.62. The predicted molar refractivity (Wildman–Crippen MR) is 63.0 cm³/mol. The van der Waals surface area contributed by atoms with Gasteiger partial charge in [-0.05, 0) is 29.5 Å². The van der Waals surface area contributed by atoms with Crippen molar-refractivity contribution in [1.29, 1.82) is 0 Å². The second kappa shape index (κ2) is 5.02. The van der Waals surface area contributed by atoms with Crippen LogP contribution in [0.25, 0.3) is 0 Å². The van der Waals surface area contributed by atoms with Gasteiger partial charge in [0.2, 0.25) is 0 Å². The lowest BCUT2D eigenvalue weighted by atomic mass is 10.4. The molecule has 0 aliphatic carbocycles. The second-order valence-corrected chi connectivity index (χ2v) is 4.23. The highest BCUT2D eigenvalue weighted by atomic mass is 79.9. The topological polar surface area (TPSA) is 68.5 Å². The van der Waals surface area contributed by atoms with Crippen molar-refractivity contribution in [1.82, 2.24) is 25.2 Å². The molecule has 2 rings (SSSR count). The zero-order valence-corrected chi connectivity index (χ0v) is 10.3. The van der Waals surface area contributed by atoms with Crippen LogP contribution in [0, 0.1) is 6.92 Å². The number of hydrogen-bond donors (Lipinski definition) is 1. The summed E-state index contributed by atoms with van der Waals surface area (Å²) in [6, 6.07) is 3.90. The summed E-state index contributed by atoms with van der Waals surface area (Å²) in [5.74, 6) is 0.847. The van der Waals surface area contributed by atoms with Gasteiger partial charge in [-0.25, -0.2) is 9.67 Å². The van der Waals surface area contributed by atoms with E-state index in [4.69, 9.17) is 0 Å². The lowest BCUT2D eigenvalue weighted by Crippen LogP contribution is -2.12. The molecule has 0 spiro atoms. The highest BCUT2D eigenvalue weighted by Gasteiger charge is 1.98. The average Bonchev–Trinajstić information content (AvgIpc) is 2.69. The molecule has 16 heavy (non-hydrogen) atoms. The van der Waals surface area contributed by atoms with Crippen LogP contribution in [0.15, 0.2) is 22.9 Å². The third kappa shape index (κ3) is 2.99. The number of aryl methyl sites for hydroxylation is 1. The zero-order chi connectivity index (χ0) is 11.4. The number of nitrogens with zero attached hydrogens (tertiary/aromatic N) is 5. The van der Waals surface area contributed by atoms with E-state index in [1.807, 2.05) is 19.1 Å². The lowest BCUT2D eigenvalue weighted by molar-refractivity contribution is 0.607. The Morgan fingerprint density at radius 3 is 3.00 bits per heavy atom. The maximum absolute atomic E-state index is 4.35. The summed E-state index contributed by atoms with van der Waals surface area (Å²) in [5.41, 5.74) is 0.972. The van der Waals surface area contributed by atoms with Gasteiger partial charge in [0.25, 0.3) is 0 Å². The summed E-state index contributed by atoms with van der Waals surface area (Å²) in [6.07, 6.45) is 1.58. The normalized spacial score (nSPS) is 10.4. The van der Waals surface area contributed by atoms with Crippen molar-refractivity contribution in [2.24, 2.45) is 0 Å². The number of pyridine rings is 1. The Balaban J connectivity index is 1.89. The molecule has 0 bridgehead atoms. The fourth-order valence-corrected chi connectivity index (χ4v) is 1.85. The van der Waals surface area contributed by atoms with Crippen LogP contribution >= 0.6 is 15.9 Å². The molecule has 0 saturated heterocycles. The molecule has 0 atom stereocenters. The van der Waals surface area contributed by atoms with E-state index in [1.54, 1.807) is 11.0 Å². The van der Waals surface area contributed by atoms with Crippen LogP contribution in [0.4, 0.5) is 5.82 Å². The lowest BCUT2D eigenvalue weighted by Gasteiger charge is -2.06. The van der Waals surface area contributed by atoms with E-state index in [-0.39, 0.29) is 0 Å². The third-order valence-electron chi connectivity index (χ3n) is 1.96. The number of halogens is 1. The van der Waals surface area contributed by atoms with Crippen molar-refractivity contribution in [3.05, 3.63) is 28.6 Å². The fraction of sp³-hybridized carbons (Fsp3) is 0.333. The molecule has 0 fully saturated rings.